The van der Waals surface area contributed by atoms with E-state index < -0.39 is 0 Å². The maximum atomic E-state index is 6.19. The molecule has 0 amide bonds. The quantitative estimate of drug-likeness (QED) is 0.530. The van der Waals surface area contributed by atoms with Crippen molar-refractivity contribution in [2.24, 2.45) is 0 Å². The van der Waals surface area contributed by atoms with Crippen molar-refractivity contribution >= 4 is 51.7 Å². The molecule has 0 aromatic heterocycles. The van der Waals surface area contributed by atoms with Gasteiger partial charge in [0.25, 0.3) is 0 Å². The first kappa shape index (κ1) is 20.5. The van der Waals surface area contributed by atoms with Crippen LogP contribution in [0.25, 0.3) is 0 Å². The third-order valence-corrected chi connectivity index (χ3v) is 3.55. The Morgan fingerprint density at radius 1 is 0.750 bits per heavy atom. The van der Waals surface area contributed by atoms with Crippen molar-refractivity contribution in [2.75, 3.05) is 0 Å². The van der Waals surface area contributed by atoms with Gasteiger partial charge in [-0.1, -0.05) is 24.3 Å². The molecule has 0 N–H and O–H groups in total. The van der Waals surface area contributed by atoms with E-state index in [9.17, 15) is 0 Å². The second-order valence-corrected chi connectivity index (χ2v) is 5.11. The maximum absolute atomic E-state index is 6.19. The Hall–Kier alpha value is 0.500. The van der Waals surface area contributed by atoms with Gasteiger partial charge in [-0.2, -0.15) is 0 Å². The van der Waals surface area contributed by atoms with Crippen LogP contribution in [0.2, 0.25) is 0 Å². The Kier molecular flexibility index (Phi) is 12.4. The molecule has 0 atom stereocenters. The molecule has 2 rings (SSSR count). The van der Waals surface area contributed by atoms with Crippen molar-refractivity contribution in [3.05, 3.63) is 47.5 Å². The molecule has 0 spiro atoms. The summed E-state index contributed by atoms with van der Waals surface area (Å²) in [7, 11) is 0. The first-order chi connectivity index (χ1) is 8.86. The molecule has 0 aliphatic heterocycles. The number of hydrogen-bond acceptors (Lipinski definition) is 1. The summed E-state index contributed by atoms with van der Waals surface area (Å²) in [6, 6.07) is 0. The van der Waals surface area contributed by atoms with E-state index >= 15 is 0 Å². The molecule has 0 heterocycles. The minimum absolute atomic E-state index is 0. The van der Waals surface area contributed by atoms with Gasteiger partial charge in [-0.25, -0.2) is 0 Å². The van der Waals surface area contributed by atoms with Gasteiger partial charge in [-0.3, -0.25) is 0 Å². The Labute approximate surface area is 161 Å². The summed E-state index contributed by atoms with van der Waals surface area (Å²) in [4.78, 5) is 0. The summed E-state index contributed by atoms with van der Waals surface area (Å²) in [5.74, 6) is 2.40. The van der Waals surface area contributed by atoms with Crippen molar-refractivity contribution in [2.45, 2.75) is 58.3 Å². The van der Waals surface area contributed by atoms with E-state index in [0.717, 1.165) is 51.4 Å². The van der Waals surface area contributed by atoms with Crippen LogP contribution < -0.4 is 0 Å². The van der Waals surface area contributed by atoms with Crippen LogP contribution in [0.1, 0.15) is 58.3 Å². The van der Waals surface area contributed by atoms with Crippen molar-refractivity contribution < 1.29 is 4.74 Å². The van der Waals surface area contributed by atoms with Crippen LogP contribution in [0, 0.1) is 0 Å². The fourth-order valence-corrected chi connectivity index (χ4v) is 2.40. The number of ether oxygens (including phenoxy) is 1. The molecular formula is C17H24In2O. The third kappa shape index (κ3) is 7.49. The minimum atomic E-state index is 0. The zero-order valence-corrected chi connectivity index (χ0v) is 19.2. The normalized spacial score (nSPS) is 19.6. The summed E-state index contributed by atoms with van der Waals surface area (Å²) in [5, 5.41) is 0. The van der Waals surface area contributed by atoms with E-state index in [4.69, 9.17) is 4.74 Å². The zero-order chi connectivity index (χ0) is 12.6. The minimum Gasteiger partial charge on any atom is -0.466 e. The molecule has 3 heteroatoms. The van der Waals surface area contributed by atoms with Gasteiger partial charge in [0, 0.05) is 64.5 Å². The van der Waals surface area contributed by atoms with E-state index in [1.807, 2.05) is 0 Å². The summed E-state index contributed by atoms with van der Waals surface area (Å²) in [6.07, 6.45) is 20.3. The molecule has 0 fully saturated rings. The van der Waals surface area contributed by atoms with Crippen molar-refractivity contribution in [1.82, 2.24) is 0 Å². The van der Waals surface area contributed by atoms with Gasteiger partial charge < -0.3 is 4.74 Å². The maximum Gasteiger partial charge on any atom is 0.103 e. The van der Waals surface area contributed by atoms with Crippen LogP contribution >= 0.6 is 0 Å². The molecule has 2 aliphatic rings. The molecule has 20 heavy (non-hydrogen) atoms. The third-order valence-electron chi connectivity index (χ3n) is 3.55. The summed E-state index contributed by atoms with van der Waals surface area (Å²) < 4.78 is 6.19. The van der Waals surface area contributed by atoms with Crippen molar-refractivity contribution in [3.63, 3.8) is 0 Å². The van der Waals surface area contributed by atoms with Crippen molar-refractivity contribution in [3.8, 4) is 0 Å². The van der Waals surface area contributed by atoms with E-state index in [1.54, 1.807) is 0 Å². The largest absolute Gasteiger partial charge is 0.466 e. The molecule has 2 aliphatic carbocycles. The van der Waals surface area contributed by atoms with Crippen LogP contribution in [0.4, 0.5) is 0 Å². The first-order valence-electron chi connectivity index (χ1n) is 7.22. The second-order valence-electron chi connectivity index (χ2n) is 5.11. The summed E-state index contributed by atoms with van der Waals surface area (Å²) in [6.45, 7) is 2.22. The fourth-order valence-electron chi connectivity index (χ4n) is 2.40. The van der Waals surface area contributed by atoms with E-state index in [-0.39, 0.29) is 51.7 Å². The smallest absolute Gasteiger partial charge is 0.103 e. The Morgan fingerprint density at radius 2 is 1.35 bits per heavy atom. The van der Waals surface area contributed by atoms with Gasteiger partial charge >= 0.3 is 0 Å². The first-order valence-corrected chi connectivity index (χ1v) is 7.22. The predicted molar refractivity (Wildman–Crippen MR) is 88.6 cm³/mol. The Balaban J connectivity index is 0.00000180. The van der Waals surface area contributed by atoms with Crippen molar-refractivity contribution in [1.29, 1.82) is 0 Å². The molecule has 0 aromatic carbocycles. The number of rotatable bonds is 2. The van der Waals surface area contributed by atoms with Crippen LogP contribution in [-0.2, 0) is 4.74 Å². The topological polar surface area (TPSA) is 9.23 Å². The number of allylic oxidation sites excluding steroid dienone is 8. The SMILES string of the molecule is CC1=C(OC2=CCCC=CCC2)CCC=CCC1.[In].[In]. The van der Waals surface area contributed by atoms with Gasteiger partial charge in [-0.15, -0.1) is 0 Å². The molecule has 0 bridgehead atoms. The number of hydrogen-bond donors (Lipinski definition) is 0. The fraction of sp³-hybridized carbons (Fsp3) is 0.529. The molecule has 0 unspecified atom stereocenters. The monoisotopic (exact) mass is 474 g/mol. The van der Waals surface area contributed by atoms with Crippen LogP contribution in [0.5, 0.6) is 0 Å². The van der Waals surface area contributed by atoms with Crippen LogP contribution in [0.15, 0.2) is 47.5 Å². The van der Waals surface area contributed by atoms with Gasteiger partial charge in [0.2, 0.25) is 0 Å². The van der Waals surface area contributed by atoms with Gasteiger partial charge in [-0.05, 0) is 57.1 Å². The zero-order valence-electron chi connectivity index (χ0n) is 12.6. The molecule has 104 valence electrons. The molecule has 0 saturated heterocycles. The molecular weight excluding hydrogens is 450 g/mol. The standard InChI is InChI=1S/C17H24O.2In/c1-15-11-7-5-6-10-14-17(15)18-16-12-8-3-2-4-9-13-16;;/h2-3,5-6,13H,4,7-12,14H2,1H3;;. The van der Waals surface area contributed by atoms with Gasteiger partial charge in [0.05, 0.1) is 5.76 Å². The van der Waals surface area contributed by atoms with Crippen LogP contribution in [-0.4, -0.2) is 51.7 Å². The molecule has 6 radical (unpaired) electrons. The summed E-state index contributed by atoms with van der Waals surface area (Å²) >= 11 is 0. The average molecular weight is 474 g/mol. The molecule has 0 aromatic rings. The van der Waals surface area contributed by atoms with Crippen LogP contribution in [0.3, 0.4) is 0 Å². The Morgan fingerprint density at radius 3 is 2.10 bits per heavy atom. The van der Waals surface area contributed by atoms with E-state index in [2.05, 4.69) is 37.3 Å². The molecule has 1 nitrogen and oxygen atoms in total. The predicted octanol–water partition coefficient (Wildman–Crippen LogP) is 4.66. The Bertz CT molecular complexity index is 392. The second kappa shape index (κ2) is 12.1. The average Bonchev–Trinajstić information content (AvgIpc) is 2.31. The van der Waals surface area contributed by atoms with Gasteiger partial charge in [0.15, 0.2) is 0 Å². The summed E-state index contributed by atoms with van der Waals surface area (Å²) in [5.41, 5.74) is 1.43. The molecule has 0 saturated carbocycles. The van der Waals surface area contributed by atoms with E-state index in [0.29, 0.717) is 0 Å². The van der Waals surface area contributed by atoms with Gasteiger partial charge in [0.1, 0.15) is 5.76 Å². The van der Waals surface area contributed by atoms with E-state index in [1.165, 1.54) is 17.1 Å².